The second-order valence-corrected chi connectivity index (χ2v) is 9.35. The summed E-state index contributed by atoms with van der Waals surface area (Å²) in [6.45, 7) is 2.00. The van der Waals surface area contributed by atoms with E-state index in [1.165, 1.54) is 23.1 Å². The Balaban J connectivity index is 1.39. The molecule has 3 aromatic rings. The molecule has 2 N–H and O–H groups in total. The first-order valence-electron chi connectivity index (χ1n) is 9.97. The van der Waals surface area contributed by atoms with E-state index in [0.717, 1.165) is 41.1 Å². The Morgan fingerprint density at radius 3 is 2.60 bits per heavy atom. The van der Waals surface area contributed by atoms with Gasteiger partial charge in [0.2, 0.25) is 5.91 Å². The van der Waals surface area contributed by atoms with Gasteiger partial charge in [-0.1, -0.05) is 29.8 Å². The van der Waals surface area contributed by atoms with Crippen LogP contribution in [0.1, 0.15) is 39.3 Å². The molecule has 0 aliphatic heterocycles. The number of carbonyl (C=O) groups excluding carboxylic acids is 2. The molecule has 4 rings (SSSR count). The molecule has 0 spiro atoms. The molecule has 0 fully saturated rings. The normalized spacial score (nSPS) is 12.8. The largest absolute Gasteiger partial charge is 0.325 e. The van der Waals surface area contributed by atoms with E-state index in [4.69, 9.17) is 0 Å². The summed E-state index contributed by atoms with van der Waals surface area (Å²) in [7, 11) is 0. The number of rotatable bonds is 6. The third-order valence-corrected chi connectivity index (χ3v) is 7.04. The van der Waals surface area contributed by atoms with Gasteiger partial charge in [-0.3, -0.25) is 14.9 Å². The van der Waals surface area contributed by atoms with Crippen LogP contribution in [-0.2, 0) is 17.6 Å². The van der Waals surface area contributed by atoms with Crippen molar-refractivity contribution < 1.29 is 9.59 Å². The van der Waals surface area contributed by atoms with Crippen LogP contribution in [0.2, 0.25) is 0 Å². The fourth-order valence-corrected chi connectivity index (χ4v) is 5.22. The molecule has 154 valence electrons. The minimum absolute atomic E-state index is 0.105. The molecule has 0 unspecified atom stereocenters. The summed E-state index contributed by atoms with van der Waals surface area (Å²) in [6, 6.07) is 15.0. The summed E-state index contributed by atoms with van der Waals surface area (Å²) >= 11 is 2.92. The molecular formula is C23H23N3O2S2. The number of carbonyl (C=O) groups is 2. The molecule has 0 saturated heterocycles. The van der Waals surface area contributed by atoms with E-state index >= 15 is 0 Å². The Bertz CT molecular complexity index is 1040. The highest BCUT2D eigenvalue weighted by Crippen LogP contribution is 2.30. The monoisotopic (exact) mass is 437 g/mol. The van der Waals surface area contributed by atoms with Crippen molar-refractivity contribution in [2.75, 3.05) is 16.4 Å². The third kappa shape index (κ3) is 5.09. The number of thioether (sulfide) groups is 1. The lowest BCUT2D eigenvalue weighted by Crippen LogP contribution is -2.15. The molecule has 5 nitrogen and oxygen atoms in total. The number of hydrogen-bond donors (Lipinski definition) is 2. The molecular weight excluding hydrogens is 414 g/mol. The average molecular weight is 438 g/mol. The van der Waals surface area contributed by atoms with Gasteiger partial charge < -0.3 is 5.32 Å². The predicted octanol–water partition coefficient (Wildman–Crippen LogP) is 5.31. The molecule has 2 aromatic carbocycles. The lowest BCUT2D eigenvalue weighted by atomic mass is 10.0. The topological polar surface area (TPSA) is 71.1 Å². The van der Waals surface area contributed by atoms with Gasteiger partial charge in [-0.25, -0.2) is 4.98 Å². The number of nitrogens with zero attached hydrogens (tertiary/aromatic N) is 1. The van der Waals surface area contributed by atoms with Crippen LogP contribution < -0.4 is 10.6 Å². The van der Waals surface area contributed by atoms with E-state index in [9.17, 15) is 9.59 Å². The Morgan fingerprint density at radius 2 is 1.80 bits per heavy atom. The summed E-state index contributed by atoms with van der Waals surface area (Å²) in [5, 5.41) is 6.49. The summed E-state index contributed by atoms with van der Waals surface area (Å²) in [5.41, 5.74) is 3.59. The lowest BCUT2D eigenvalue weighted by Gasteiger charge is -2.09. The van der Waals surface area contributed by atoms with Gasteiger partial charge in [0, 0.05) is 15.5 Å². The SMILES string of the molecule is Cc1ccc(NC(=O)CSc2ccccc2C(=O)Nc2nc3c(s2)CCCC3)cc1. The highest BCUT2D eigenvalue weighted by Gasteiger charge is 2.18. The van der Waals surface area contributed by atoms with Crippen LogP contribution in [0.5, 0.6) is 0 Å². The molecule has 1 aliphatic rings. The summed E-state index contributed by atoms with van der Waals surface area (Å²) in [4.78, 5) is 31.8. The van der Waals surface area contributed by atoms with Crippen LogP contribution in [0.25, 0.3) is 0 Å². The van der Waals surface area contributed by atoms with Crippen LogP contribution in [-0.4, -0.2) is 22.6 Å². The Hall–Kier alpha value is -2.64. The van der Waals surface area contributed by atoms with Crippen LogP contribution in [0.15, 0.2) is 53.4 Å². The number of aromatic nitrogens is 1. The third-order valence-electron chi connectivity index (χ3n) is 4.89. The van der Waals surface area contributed by atoms with Crippen LogP contribution >= 0.6 is 23.1 Å². The average Bonchev–Trinajstić information content (AvgIpc) is 3.16. The van der Waals surface area contributed by atoms with Gasteiger partial charge in [-0.05, 0) is 56.9 Å². The summed E-state index contributed by atoms with van der Waals surface area (Å²) < 4.78 is 0. The Labute approximate surface area is 184 Å². The number of benzene rings is 2. The van der Waals surface area contributed by atoms with E-state index in [0.29, 0.717) is 10.7 Å². The first-order chi connectivity index (χ1) is 14.6. The van der Waals surface area contributed by atoms with Crippen molar-refractivity contribution in [3.63, 3.8) is 0 Å². The maximum Gasteiger partial charge on any atom is 0.258 e. The van der Waals surface area contributed by atoms with Crippen molar-refractivity contribution in [1.82, 2.24) is 4.98 Å². The molecule has 30 heavy (non-hydrogen) atoms. The highest BCUT2D eigenvalue weighted by molar-refractivity contribution is 8.00. The molecule has 0 bridgehead atoms. The summed E-state index contributed by atoms with van der Waals surface area (Å²) in [5.74, 6) is -0.0706. The van der Waals surface area contributed by atoms with Crippen molar-refractivity contribution in [3.8, 4) is 0 Å². The van der Waals surface area contributed by atoms with Crippen molar-refractivity contribution in [2.24, 2.45) is 0 Å². The van der Waals surface area contributed by atoms with Gasteiger partial charge >= 0.3 is 0 Å². The molecule has 1 aromatic heterocycles. The lowest BCUT2D eigenvalue weighted by molar-refractivity contribution is -0.113. The van der Waals surface area contributed by atoms with Crippen LogP contribution in [0.4, 0.5) is 10.8 Å². The van der Waals surface area contributed by atoms with Crippen molar-refractivity contribution >= 4 is 45.7 Å². The van der Waals surface area contributed by atoms with Gasteiger partial charge in [0.1, 0.15) is 0 Å². The minimum Gasteiger partial charge on any atom is -0.325 e. The zero-order chi connectivity index (χ0) is 20.9. The van der Waals surface area contributed by atoms with Gasteiger partial charge in [0.25, 0.3) is 5.91 Å². The van der Waals surface area contributed by atoms with E-state index in [1.54, 1.807) is 17.4 Å². The number of hydrogen-bond acceptors (Lipinski definition) is 5. The number of amides is 2. The molecule has 2 amide bonds. The Morgan fingerprint density at radius 1 is 1.03 bits per heavy atom. The Kier molecular flexibility index (Phi) is 6.50. The first kappa shape index (κ1) is 20.6. The van der Waals surface area contributed by atoms with E-state index in [-0.39, 0.29) is 17.6 Å². The van der Waals surface area contributed by atoms with Gasteiger partial charge in [0.05, 0.1) is 17.0 Å². The van der Waals surface area contributed by atoms with Crippen molar-refractivity contribution in [3.05, 3.63) is 70.2 Å². The fourth-order valence-electron chi connectivity index (χ4n) is 3.33. The number of fused-ring (bicyclic) bond motifs is 1. The quantitative estimate of drug-likeness (QED) is 0.513. The number of aryl methyl sites for hydroxylation is 3. The molecule has 0 saturated carbocycles. The minimum atomic E-state index is -0.192. The van der Waals surface area contributed by atoms with E-state index in [2.05, 4.69) is 15.6 Å². The summed E-state index contributed by atoms with van der Waals surface area (Å²) in [6.07, 6.45) is 4.39. The first-order valence-corrected chi connectivity index (χ1v) is 11.8. The second-order valence-electron chi connectivity index (χ2n) is 7.25. The standard InChI is InChI=1S/C23H23N3O2S2/c1-15-10-12-16(13-11-15)24-21(27)14-29-19-8-4-2-6-17(19)22(28)26-23-25-18-7-3-5-9-20(18)30-23/h2,4,6,8,10-13H,3,5,7,9,14H2,1H3,(H,24,27)(H,25,26,28). The zero-order valence-electron chi connectivity index (χ0n) is 16.7. The van der Waals surface area contributed by atoms with E-state index in [1.807, 2.05) is 49.4 Å². The fraction of sp³-hybridized carbons (Fsp3) is 0.261. The number of anilines is 2. The van der Waals surface area contributed by atoms with E-state index < -0.39 is 0 Å². The predicted molar refractivity (Wildman–Crippen MR) is 124 cm³/mol. The maximum atomic E-state index is 12.9. The molecule has 0 radical (unpaired) electrons. The van der Waals surface area contributed by atoms with Crippen molar-refractivity contribution in [2.45, 2.75) is 37.5 Å². The molecule has 1 aliphatic carbocycles. The van der Waals surface area contributed by atoms with Crippen LogP contribution in [0.3, 0.4) is 0 Å². The van der Waals surface area contributed by atoms with Gasteiger partial charge in [0.15, 0.2) is 5.13 Å². The smallest absolute Gasteiger partial charge is 0.258 e. The second kappa shape index (κ2) is 9.45. The van der Waals surface area contributed by atoms with Gasteiger partial charge in [-0.2, -0.15) is 0 Å². The highest BCUT2D eigenvalue weighted by atomic mass is 32.2. The molecule has 7 heteroatoms. The number of thiazole rings is 1. The zero-order valence-corrected chi connectivity index (χ0v) is 18.4. The van der Waals surface area contributed by atoms with Gasteiger partial charge in [-0.15, -0.1) is 23.1 Å². The van der Waals surface area contributed by atoms with Crippen LogP contribution in [0, 0.1) is 6.92 Å². The molecule has 0 atom stereocenters. The van der Waals surface area contributed by atoms with Crippen molar-refractivity contribution in [1.29, 1.82) is 0 Å². The molecule has 1 heterocycles. The maximum absolute atomic E-state index is 12.9. The number of nitrogens with one attached hydrogen (secondary N) is 2.